The van der Waals surface area contributed by atoms with Crippen LogP contribution in [0.1, 0.15) is 10.5 Å². The number of benzene rings is 2. The van der Waals surface area contributed by atoms with Gasteiger partial charge in [0.15, 0.2) is 11.4 Å². The van der Waals surface area contributed by atoms with Crippen molar-refractivity contribution in [1.29, 1.82) is 0 Å². The Labute approximate surface area is 163 Å². The van der Waals surface area contributed by atoms with Gasteiger partial charge in [0.2, 0.25) is 0 Å². The molecule has 0 fully saturated rings. The van der Waals surface area contributed by atoms with Crippen molar-refractivity contribution in [1.82, 2.24) is 9.78 Å². The molecule has 1 aromatic heterocycles. The van der Waals surface area contributed by atoms with Gasteiger partial charge >= 0.3 is 0 Å². The maximum absolute atomic E-state index is 12.5. The summed E-state index contributed by atoms with van der Waals surface area (Å²) < 4.78 is 6.19. The maximum atomic E-state index is 12.5. The molecule has 0 bridgehead atoms. The maximum Gasteiger partial charge on any atom is 0.279 e. The Balaban J connectivity index is 2.02. The minimum absolute atomic E-state index is 0.255. The van der Waals surface area contributed by atoms with E-state index in [1.807, 2.05) is 0 Å². The van der Waals surface area contributed by atoms with Crippen molar-refractivity contribution >= 4 is 34.8 Å². The number of ether oxygens (including phenoxy) is 1. The highest BCUT2D eigenvalue weighted by molar-refractivity contribution is 6.42. The fourth-order valence-corrected chi connectivity index (χ4v) is 2.65. The number of hydrogen-bond donors (Lipinski definition) is 2. The summed E-state index contributed by atoms with van der Waals surface area (Å²) in [6, 6.07) is 12.1. The predicted octanol–water partition coefficient (Wildman–Crippen LogP) is 3.51. The number of nitrogens with one attached hydrogen (secondary N) is 1. The average Bonchev–Trinajstić information content (AvgIpc) is 2.65. The molecular weight excluding hydrogens is 393 g/mol. The van der Waals surface area contributed by atoms with Crippen LogP contribution in [-0.4, -0.2) is 27.9 Å². The number of carbonyl (C=O) groups excluding carboxylic acids is 1. The average molecular weight is 406 g/mol. The minimum Gasteiger partial charge on any atom is -0.505 e. The molecule has 0 radical (unpaired) electrons. The number of methoxy groups -OCH3 is 1. The van der Waals surface area contributed by atoms with Gasteiger partial charge in [-0.3, -0.25) is 9.59 Å². The first-order valence-electron chi connectivity index (χ1n) is 7.64. The van der Waals surface area contributed by atoms with E-state index in [1.54, 1.807) is 30.3 Å². The molecule has 0 saturated carbocycles. The largest absolute Gasteiger partial charge is 0.505 e. The Morgan fingerprint density at radius 3 is 2.59 bits per heavy atom. The molecule has 1 amide bonds. The number of nitrogens with zero attached hydrogens (tertiary/aromatic N) is 2. The Morgan fingerprint density at radius 2 is 1.89 bits per heavy atom. The van der Waals surface area contributed by atoms with Crippen molar-refractivity contribution in [3.05, 3.63) is 74.6 Å². The van der Waals surface area contributed by atoms with Crippen LogP contribution in [-0.2, 0) is 0 Å². The summed E-state index contributed by atoms with van der Waals surface area (Å²) in [5.74, 6) is -0.896. The van der Waals surface area contributed by atoms with Crippen molar-refractivity contribution in [2.75, 3.05) is 12.4 Å². The van der Waals surface area contributed by atoms with Gasteiger partial charge in [-0.25, -0.2) is 0 Å². The first-order valence-corrected chi connectivity index (χ1v) is 8.39. The second-order valence-corrected chi connectivity index (χ2v) is 6.20. The second kappa shape index (κ2) is 7.69. The van der Waals surface area contributed by atoms with E-state index < -0.39 is 17.2 Å². The van der Waals surface area contributed by atoms with Gasteiger partial charge in [-0.15, -0.1) is 0 Å². The molecule has 0 aliphatic heterocycles. The Bertz CT molecular complexity index is 1080. The van der Waals surface area contributed by atoms with Crippen molar-refractivity contribution in [2.45, 2.75) is 0 Å². The summed E-state index contributed by atoms with van der Waals surface area (Å²) in [4.78, 5) is 24.8. The van der Waals surface area contributed by atoms with Gasteiger partial charge in [0, 0.05) is 11.8 Å². The Hall–Kier alpha value is -3.03. The van der Waals surface area contributed by atoms with Crippen molar-refractivity contribution in [3.63, 3.8) is 0 Å². The Kier molecular flexibility index (Phi) is 5.34. The third kappa shape index (κ3) is 3.89. The highest BCUT2D eigenvalue weighted by Crippen LogP contribution is 2.26. The van der Waals surface area contributed by atoms with E-state index in [4.69, 9.17) is 27.9 Å². The highest BCUT2D eigenvalue weighted by atomic mass is 35.5. The van der Waals surface area contributed by atoms with Crippen LogP contribution in [0.3, 0.4) is 0 Å². The lowest BCUT2D eigenvalue weighted by Gasteiger charge is -2.12. The number of hydrogen-bond acceptors (Lipinski definition) is 5. The first-order chi connectivity index (χ1) is 12.9. The molecule has 9 heteroatoms. The molecule has 0 saturated heterocycles. The number of aromatic hydroxyl groups is 1. The molecule has 0 unspecified atom stereocenters. The van der Waals surface area contributed by atoms with E-state index in [0.29, 0.717) is 22.1 Å². The van der Waals surface area contributed by atoms with Gasteiger partial charge < -0.3 is 15.2 Å². The van der Waals surface area contributed by atoms with E-state index in [1.165, 1.54) is 19.2 Å². The normalized spacial score (nSPS) is 10.5. The topological polar surface area (TPSA) is 93.5 Å². The van der Waals surface area contributed by atoms with Crippen molar-refractivity contribution in [2.24, 2.45) is 0 Å². The van der Waals surface area contributed by atoms with E-state index in [2.05, 4.69) is 10.4 Å². The molecule has 0 atom stereocenters. The summed E-state index contributed by atoms with van der Waals surface area (Å²) in [6.07, 6.45) is 0. The highest BCUT2D eigenvalue weighted by Gasteiger charge is 2.18. The van der Waals surface area contributed by atoms with Crippen LogP contribution >= 0.6 is 23.2 Å². The summed E-state index contributed by atoms with van der Waals surface area (Å²) in [5.41, 5.74) is -0.283. The summed E-state index contributed by atoms with van der Waals surface area (Å²) in [5, 5.41) is 17.1. The lowest BCUT2D eigenvalue weighted by atomic mass is 10.2. The van der Waals surface area contributed by atoms with Gasteiger partial charge in [0.25, 0.3) is 11.5 Å². The van der Waals surface area contributed by atoms with E-state index >= 15 is 0 Å². The van der Waals surface area contributed by atoms with Gasteiger partial charge in [-0.05, 0) is 30.3 Å². The molecule has 2 N–H and O–H groups in total. The lowest BCUT2D eigenvalue weighted by molar-refractivity contribution is 0.101. The number of rotatable bonds is 4. The molecule has 3 aromatic rings. The quantitative estimate of drug-likeness (QED) is 0.692. The van der Waals surface area contributed by atoms with Crippen molar-refractivity contribution in [3.8, 4) is 17.2 Å². The summed E-state index contributed by atoms with van der Waals surface area (Å²) in [7, 11) is 1.45. The molecule has 0 aliphatic rings. The fourth-order valence-electron chi connectivity index (χ4n) is 2.35. The minimum atomic E-state index is -0.727. The van der Waals surface area contributed by atoms with E-state index in [-0.39, 0.29) is 10.7 Å². The molecule has 2 aromatic carbocycles. The number of anilines is 1. The molecule has 0 spiro atoms. The zero-order chi connectivity index (χ0) is 19.6. The van der Waals surface area contributed by atoms with Gasteiger partial charge in [-0.2, -0.15) is 9.78 Å². The standard InChI is InChI=1S/C18H13Cl2N3O4/c1-27-15-5-3-2-4-13(15)23-16(25)9-14(24)17(22-23)18(26)21-10-6-7-11(19)12(20)8-10/h2-9,24H,1H3,(H,21,26). The number of halogens is 2. The van der Waals surface area contributed by atoms with Crippen LogP contribution in [0, 0.1) is 0 Å². The third-order valence-corrected chi connectivity index (χ3v) is 4.36. The van der Waals surface area contributed by atoms with Gasteiger partial charge in [0.1, 0.15) is 11.4 Å². The zero-order valence-electron chi connectivity index (χ0n) is 13.9. The molecular formula is C18H13Cl2N3O4. The van der Waals surface area contributed by atoms with Crippen LogP contribution in [0.15, 0.2) is 53.3 Å². The monoisotopic (exact) mass is 405 g/mol. The molecule has 1 heterocycles. The number of para-hydroxylation sites is 2. The van der Waals surface area contributed by atoms with Crippen LogP contribution < -0.4 is 15.6 Å². The van der Waals surface area contributed by atoms with E-state index in [9.17, 15) is 14.7 Å². The molecule has 3 rings (SSSR count). The second-order valence-electron chi connectivity index (χ2n) is 5.38. The smallest absolute Gasteiger partial charge is 0.279 e. The number of aromatic nitrogens is 2. The summed E-state index contributed by atoms with van der Waals surface area (Å²) >= 11 is 11.8. The van der Waals surface area contributed by atoms with Gasteiger partial charge in [-0.1, -0.05) is 35.3 Å². The summed E-state index contributed by atoms with van der Waals surface area (Å²) in [6.45, 7) is 0. The van der Waals surface area contributed by atoms with E-state index in [0.717, 1.165) is 10.7 Å². The van der Waals surface area contributed by atoms with Crippen LogP contribution in [0.2, 0.25) is 10.0 Å². The first kappa shape index (κ1) is 18.8. The number of carbonyl (C=O) groups is 1. The van der Waals surface area contributed by atoms with Crippen LogP contribution in [0.25, 0.3) is 5.69 Å². The molecule has 7 nitrogen and oxygen atoms in total. The van der Waals surface area contributed by atoms with Crippen LogP contribution in [0.4, 0.5) is 5.69 Å². The van der Waals surface area contributed by atoms with Crippen LogP contribution in [0.5, 0.6) is 11.5 Å². The molecule has 0 aliphatic carbocycles. The van der Waals surface area contributed by atoms with Gasteiger partial charge in [0.05, 0.1) is 17.2 Å². The zero-order valence-corrected chi connectivity index (χ0v) is 15.5. The molecule has 27 heavy (non-hydrogen) atoms. The third-order valence-electron chi connectivity index (χ3n) is 3.62. The molecule has 138 valence electrons. The Morgan fingerprint density at radius 1 is 1.15 bits per heavy atom. The SMILES string of the molecule is COc1ccccc1-n1nc(C(=O)Nc2ccc(Cl)c(Cl)c2)c(O)cc1=O. The fraction of sp³-hybridized carbons (Fsp3) is 0.0556. The van der Waals surface area contributed by atoms with Crippen molar-refractivity contribution < 1.29 is 14.6 Å². The number of amides is 1. The lowest BCUT2D eigenvalue weighted by Crippen LogP contribution is -2.25. The predicted molar refractivity (Wildman–Crippen MR) is 102 cm³/mol.